The van der Waals surface area contributed by atoms with Gasteiger partial charge in [-0.25, -0.2) is 0 Å². The van der Waals surface area contributed by atoms with Crippen LogP contribution in [0.4, 0.5) is 0 Å². The molecule has 0 spiro atoms. The van der Waals surface area contributed by atoms with Gasteiger partial charge in [0.05, 0.1) is 0 Å². The Bertz CT molecular complexity index is 121. The minimum absolute atomic E-state index is 0.738. The van der Waals surface area contributed by atoms with E-state index in [0.29, 0.717) is 0 Å². The molecule has 11 heavy (non-hydrogen) atoms. The molecule has 64 valence electrons. The molecule has 0 saturated carbocycles. The van der Waals surface area contributed by atoms with E-state index < -0.39 is 0 Å². The Balaban J connectivity index is 3.63. The van der Waals surface area contributed by atoms with Gasteiger partial charge in [-0.15, -0.1) is 0 Å². The van der Waals surface area contributed by atoms with Gasteiger partial charge in [-0.2, -0.15) is 0 Å². The van der Waals surface area contributed by atoms with Crippen LogP contribution in [0.25, 0.3) is 0 Å². The van der Waals surface area contributed by atoms with Crippen molar-refractivity contribution in [1.29, 1.82) is 0 Å². The molecule has 0 heterocycles. The Morgan fingerprint density at radius 2 is 2.27 bits per heavy atom. The van der Waals surface area contributed by atoms with Gasteiger partial charge in [0.1, 0.15) is 7.85 Å². The van der Waals surface area contributed by atoms with Crippen LogP contribution in [-0.2, 0) is 0 Å². The molecule has 2 heteroatoms. The standard InChI is InChI=1S/C9H20BN/c1-4-5-6-8(2)9(10)7-11-3/h7-8,11H,4-6,10H2,1-3H3/b9-7+. The fourth-order valence-corrected chi connectivity index (χ4v) is 1.11. The highest BCUT2D eigenvalue weighted by atomic mass is 14.8. The van der Waals surface area contributed by atoms with E-state index in [1.807, 2.05) is 7.05 Å². The maximum Gasteiger partial charge on any atom is 0.136 e. The van der Waals surface area contributed by atoms with Gasteiger partial charge in [-0.1, -0.05) is 32.2 Å². The third-order valence-electron chi connectivity index (χ3n) is 2.14. The van der Waals surface area contributed by atoms with E-state index in [4.69, 9.17) is 0 Å². The molecule has 0 aliphatic carbocycles. The number of rotatable bonds is 5. The van der Waals surface area contributed by atoms with Crippen molar-refractivity contribution in [3.63, 3.8) is 0 Å². The van der Waals surface area contributed by atoms with Crippen LogP contribution < -0.4 is 5.32 Å². The summed E-state index contributed by atoms with van der Waals surface area (Å²) in [6, 6.07) is 0. The lowest BCUT2D eigenvalue weighted by atomic mass is 9.82. The van der Waals surface area contributed by atoms with Crippen molar-refractivity contribution < 1.29 is 0 Å². The van der Waals surface area contributed by atoms with Crippen molar-refractivity contribution in [1.82, 2.24) is 5.32 Å². The van der Waals surface area contributed by atoms with E-state index in [1.54, 1.807) is 0 Å². The largest absolute Gasteiger partial charge is 0.395 e. The van der Waals surface area contributed by atoms with Gasteiger partial charge in [-0.05, 0) is 18.5 Å². The number of hydrogen-bond donors (Lipinski definition) is 1. The summed E-state index contributed by atoms with van der Waals surface area (Å²) in [6.07, 6.45) is 6.06. The van der Waals surface area contributed by atoms with Crippen LogP contribution in [0.15, 0.2) is 11.7 Å². The predicted molar refractivity (Wildman–Crippen MR) is 54.4 cm³/mol. The van der Waals surface area contributed by atoms with Crippen LogP contribution in [-0.4, -0.2) is 14.9 Å². The van der Waals surface area contributed by atoms with E-state index in [9.17, 15) is 0 Å². The molecule has 1 nitrogen and oxygen atoms in total. The molecule has 0 aliphatic rings. The van der Waals surface area contributed by atoms with Gasteiger partial charge in [0.15, 0.2) is 0 Å². The van der Waals surface area contributed by atoms with Gasteiger partial charge in [0.2, 0.25) is 0 Å². The topological polar surface area (TPSA) is 12.0 Å². The average molecular weight is 153 g/mol. The smallest absolute Gasteiger partial charge is 0.136 e. The molecule has 0 aromatic carbocycles. The zero-order chi connectivity index (χ0) is 8.69. The molecule has 0 aromatic heterocycles. The first-order valence-corrected chi connectivity index (χ1v) is 4.56. The quantitative estimate of drug-likeness (QED) is 0.590. The lowest BCUT2D eigenvalue weighted by Crippen LogP contribution is -2.04. The molecule has 0 radical (unpaired) electrons. The number of unbranched alkanes of at least 4 members (excludes halogenated alkanes) is 1. The normalized spacial score (nSPS) is 14.6. The Hall–Kier alpha value is -0.395. The van der Waals surface area contributed by atoms with Gasteiger partial charge < -0.3 is 5.32 Å². The highest BCUT2D eigenvalue weighted by Crippen LogP contribution is 2.13. The van der Waals surface area contributed by atoms with E-state index in [0.717, 1.165) is 5.92 Å². The van der Waals surface area contributed by atoms with E-state index >= 15 is 0 Å². The Kier molecular flexibility index (Phi) is 6.10. The van der Waals surface area contributed by atoms with Gasteiger partial charge >= 0.3 is 0 Å². The zero-order valence-corrected chi connectivity index (χ0v) is 8.28. The fraction of sp³-hybridized carbons (Fsp3) is 0.778. The molecular formula is C9H20BN. The van der Waals surface area contributed by atoms with Crippen molar-refractivity contribution in [3.8, 4) is 0 Å². The summed E-state index contributed by atoms with van der Waals surface area (Å²) in [6.45, 7) is 4.53. The molecule has 1 N–H and O–H groups in total. The second kappa shape index (κ2) is 6.32. The van der Waals surface area contributed by atoms with Crippen molar-refractivity contribution in [2.45, 2.75) is 33.1 Å². The monoisotopic (exact) mass is 153 g/mol. The molecule has 1 atom stereocenters. The Morgan fingerprint density at radius 3 is 2.73 bits per heavy atom. The SMILES string of the molecule is B/C(=C/NC)C(C)CCCC. The van der Waals surface area contributed by atoms with Crippen molar-refractivity contribution in [2.75, 3.05) is 7.05 Å². The minimum atomic E-state index is 0.738. The van der Waals surface area contributed by atoms with E-state index in [-0.39, 0.29) is 0 Å². The summed E-state index contributed by atoms with van der Waals surface area (Å²) in [7, 11) is 4.15. The lowest BCUT2D eigenvalue weighted by Gasteiger charge is -2.11. The molecule has 0 bridgehead atoms. The third kappa shape index (κ3) is 4.94. The number of allylic oxidation sites excluding steroid dienone is 1. The van der Waals surface area contributed by atoms with Crippen LogP contribution >= 0.6 is 0 Å². The summed E-state index contributed by atoms with van der Waals surface area (Å²) < 4.78 is 0. The first-order chi connectivity index (χ1) is 5.22. The maximum atomic E-state index is 3.06. The highest BCUT2D eigenvalue weighted by Gasteiger charge is 2.01. The van der Waals surface area contributed by atoms with Crippen molar-refractivity contribution >= 4 is 7.85 Å². The fourth-order valence-electron chi connectivity index (χ4n) is 1.11. The lowest BCUT2D eigenvalue weighted by molar-refractivity contribution is 0.587. The first kappa shape index (κ1) is 10.6. The summed E-state index contributed by atoms with van der Waals surface area (Å²) in [5.74, 6) is 0.738. The minimum Gasteiger partial charge on any atom is -0.395 e. The summed E-state index contributed by atoms with van der Waals surface area (Å²) in [5, 5.41) is 3.06. The molecule has 0 aromatic rings. The van der Waals surface area contributed by atoms with Crippen molar-refractivity contribution in [2.24, 2.45) is 5.92 Å². The third-order valence-corrected chi connectivity index (χ3v) is 2.14. The molecule has 0 amide bonds. The van der Waals surface area contributed by atoms with Crippen LogP contribution in [0.3, 0.4) is 0 Å². The van der Waals surface area contributed by atoms with Gasteiger partial charge in [0.25, 0.3) is 0 Å². The van der Waals surface area contributed by atoms with Gasteiger partial charge in [0, 0.05) is 7.05 Å². The summed E-state index contributed by atoms with van der Waals surface area (Å²) >= 11 is 0. The highest BCUT2D eigenvalue weighted by molar-refractivity contribution is 6.21. The number of hydrogen-bond acceptors (Lipinski definition) is 1. The van der Waals surface area contributed by atoms with Crippen molar-refractivity contribution in [3.05, 3.63) is 11.7 Å². The summed E-state index contributed by atoms with van der Waals surface area (Å²) in [5.41, 5.74) is 1.46. The van der Waals surface area contributed by atoms with E-state index in [2.05, 4.69) is 33.2 Å². The molecule has 0 saturated heterocycles. The van der Waals surface area contributed by atoms with E-state index in [1.165, 1.54) is 24.7 Å². The van der Waals surface area contributed by atoms with Crippen LogP contribution in [0.1, 0.15) is 33.1 Å². The van der Waals surface area contributed by atoms with Crippen LogP contribution in [0, 0.1) is 5.92 Å². The second-order valence-electron chi connectivity index (χ2n) is 3.22. The van der Waals surface area contributed by atoms with Gasteiger partial charge in [-0.3, -0.25) is 0 Å². The first-order valence-electron chi connectivity index (χ1n) is 4.56. The average Bonchev–Trinajstić information content (AvgIpc) is 2.00. The van der Waals surface area contributed by atoms with Crippen LogP contribution in [0.2, 0.25) is 0 Å². The molecule has 0 rings (SSSR count). The Morgan fingerprint density at radius 1 is 1.64 bits per heavy atom. The molecule has 1 unspecified atom stereocenters. The number of nitrogens with one attached hydrogen (secondary N) is 1. The molecule has 0 aliphatic heterocycles. The Labute approximate surface area is 71.7 Å². The predicted octanol–water partition coefficient (Wildman–Crippen LogP) is 1.51. The van der Waals surface area contributed by atoms with Crippen LogP contribution in [0.5, 0.6) is 0 Å². The molecular weight excluding hydrogens is 133 g/mol. The molecule has 0 fully saturated rings. The zero-order valence-electron chi connectivity index (χ0n) is 8.28. The maximum absolute atomic E-state index is 3.06. The summed E-state index contributed by atoms with van der Waals surface area (Å²) in [4.78, 5) is 0. The second-order valence-corrected chi connectivity index (χ2v) is 3.22.